The van der Waals surface area contributed by atoms with Crippen LogP contribution in [0.25, 0.3) is 11.3 Å². The number of hydrogen-bond acceptors (Lipinski definition) is 7. The highest BCUT2D eigenvalue weighted by molar-refractivity contribution is 7.80. The van der Waals surface area contributed by atoms with Crippen LogP contribution in [-0.2, 0) is 9.47 Å². The van der Waals surface area contributed by atoms with Gasteiger partial charge in [0, 0.05) is 36.2 Å². The number of pyridine rings is 1. The Hall–Kier alpha value is -4.21. The largest absolute Gasteiger partial charge is 0.465 e. The van der Waals surface area contributed by atoms with E-state index in [9.17, 15) is 4.79 Å². The zero-order valence-electron chi connectivity index (χ0n) is 21.4. The topological polar surface area (TPSA) is 80.1 Å². The molecule has 9 heteroatoms. The number of nitrogens with zero attached hydrogens (tertiary/aromatic N) is 3. The van der Waals surface area contributed by atoms with E-state index in [1.807, 2.05) is 42.5 Å². The minimum atomic E-state index is -0.416. The monoisotopic (exact) mass is 540 g/mol. The lowest BCUT2D eigenvalue weighted by Gasteiger charge is -2.30. The van der Waals surface area contributed by atoms with Gasteiger partial charge < -0.3 is 29.0 Å². The molecule has 0 saturated carbocycles. The number of esters is 1. The number of hydrogen-bond donors (Lipinski definition) is 1. The fourth-order valence-electron chi connectivity index (χ4n) is 5.21. The highest BCUT2D eigenvalue weighted by Crippen LogP contribution is 2.43. The van der Waals surface area contributed by atoms with Crippen LogP contribution >= 0.6 is 12.2 Å². The number of anilines is 2. The quantitative estimate of drug-likeness (QED) is 0.264. The molecule has 6 rings (SSSR count). The van der Waals surface area contributed by atoms with Crippen molar-refractivity contribution in [3.63, 3.8) is 0 Å². The average Bonchev–Trinajstić information content (AvgIpc) is 3.62. The van der Waals surface area contributed by atoms with E-state index in [1.54, 1.807) is 18.3 Å². The lowest BCUT2D eigenvalue weighted by Crippen LogP contribution is -2.36. The molecular weight excluding hydrogens is 512 g/mol. The summed E-state index contributed by atoms with van der Waals surface area (Å²) in [6.45, 7) is 3.20. The summed E-state index contributed by atoms with van der Waals surface area (Å²) in [7, 11) is 1.37. The van der Waals surface area contributed by atoms with Crippen molar-refractivity contribution in [2.45, 2.75) is 12.1 Å². The number of morpholine rings is 1. The van der Waals surface area contributed by atoms with Crippen LogP contribution in [0.1, 0.15) is 33.9 Å². The van der Waals surface area contributed by atoms with E-state index in [1.165, 1.54) is 7.11 Å². The van der Waals surface area contributed by atoms with Crippen molar-refractivity contribution in [1.29, 1.82) is 0 Å². The van der Waals surface area contributed by atoms with Gasteiger partial charge in [-0.15, -0.1) is 0 Å². The van der Waals surface area contributed by atoms with Crippen LogP contribution in [-0.4, -0.2) is 49.5 Å². The first-order valence-electron chi connectivity index (χ1n) is 12.8. The molecule has 8 nitrogen and oxygen atoms in total. The summed E-state index contributed by atoms with van der Waals surface area (Å²) in [5.74, 6) is 0.858. The summed E-state index contributed by atoms with van der Waals surface area (Å²) in [5, 5.41) is 4.05. The molecule has 2 atom stereocenters. The van der Waals surface area contributed by atoms with E-state index in [0.717, 1.165) is 43.4 Å². The summed E-state index contributed by atoms with van der Waals surface area (Å²) >= 11 is 5.86. The first-order valence-corrected chi connectivity index (χ1v) is 13.3. The molecule has 0 amide bonds. The number of carbonyl (C=O) groups is 1. The fourth-order valence-corrected chi connectivity index (χ4v) is 5.56. The van der Waals surface area contributed by atoms with E-state index in [2.05, 4.69) is 44.4 Å². The molecule has 0 radical (unpaired) electrons. The van der Waals surface area contributed by atoms with Gasteiger partial charge in [0.15, 0.2) is 5.11 Å². The molecule has 0 aliphatic carbocycles. The van der Waals surface area contributed by atoms with Crippen LogP contribution in [0.4, 0.5) is 11.4 Å². The molecule has 4 aromatic rings. The van der Waals surface area contributed by atoms with Gasteiger partial charge in [0.1, 0.15) is 17.6 Å². The molecule has 1 N–H and O–H groups in total. The zero-order valence-corrected chi connectivity index (χ0v) is 22.3. The van der Waals surface area contributed by atoms with E-state index < -0.39 is 5.97 Å². The number of methoxy groups -OCH3 is 1. The van der Waals surface area contributed by atoms with E-state index >= 15 is 0 Å². The van der Waals surface area contributed by atoms with Gasteiger partial charge in [0.25, 0.3) is 0 Å². The third-order valence-electron chi connectivity index (χ3n) is 7.12. The summed E-state index contributed by atoms with van der Waals surface area (Å²) in [4.78, 5) is 21.4. The molecule has 2 aromatic heterocycles. The van der Waals surface area contributed by atoms with Crippen LogP contribution in [0.5, 0.6) is 0 Å². The molecule has 2 aliphatic rings. The van der Waals surface area contributed by atoms with E-state index in [4.69, 9.17) is 26.1 Å². The first-order chi connectivity index (χ1) is 19.1. The molecule has 2 aliphatic heterocycles. The van der Waals surface area contributed by atoms with Gasteiger partial charge in [-0.05, 0) is 66.8 Å². The fraction of sp³-hybridized carbons (Fsp3) is 0.233. The Morgan fingerprint density at radius 3 is 2.46 bits per heavy atom. The molecular formula is C30H28N4O4S. The Bertz CT molecular complexity index is 1470. The second-order valence-electron chi connectivity index (χ2n) is 9.35. The van der Waals surface area contributed by atoms with Crippen LogP contribution in [0, 0.1) is 0 Å². The predicted octanol–water partition coefficient (Wildman–Crippen LogP) is 5.14. The van der Waals surface area contributed by atoms with Crippen molar-refractivity contribution in [3.8, 4) is 11.3 Å². The minimum Gasteiger partial charge on any atom is -0.465 e. The summed E-state index contributed by atoms with van der Waals surface area (Å²) in [6.07, 6.45) is 1.77. The highest BCUT2D eigenvalue weighted by atomic mass is 32.1. The number of carbonyl (C=O) groups excluding carboxylic acids is 1. The Balaban J connectivity index is 1.38. The smallest absolute Gasteiger partial charge is 0.338 e. The highest BCUT2D eigenvalue weighted by Gasteiger charge is 2.42. The molecule has 198 valence electrons. The number of nitrogens with one attached hydrogen (secondary N) is 1. The second-order valence-corrected chi connectivity index (χ2v) is 9.74. The SMILES string of the molecule is COC(=O)c1ccccc1-c1ccc([C@@H]2[C@H](c3ccccn3)NC(=S)N2c2ccc(N3CCOCC3)cc2)o1. The van der Waals surface area contributed by atoms with Crippen LogP contribution in [0.3, 0.4) is 0 Å². The first kappa shape index (κ1) is 25.1. The zero-order chi connectivity index (χ0) is 26.8. The maximum absolute atomic E-state index is 12.4. The minimum absolute atomic E-state index is 0.243. The van der Waals surface area contributed by atoms with Crippen molar-refractivity contribution >= 4 is 34.7 Å². The Labute approximate surface area is 232 Å². The van der Waals surface area contributed by atoms with Crippen molar-refractivity contribution < 1.29 is 18.7 Å². The Morgan fingerprint density at radius 2 is 1.72 bits per heavy atom. The maximum atomic E-state index is 12.4. The van der Waals surface area contributed by atoms with Crippen molar-refractivity contribution in [1.82, 2.24) is 10.3 Å². The molecule has 39 heavy (non-hydrogen) atoms. The Kier molecular flexibility index (Phi) is 7.00. The number of ether oxygens (including phenoxy) is 2. The molecule has 2 aromatic carbocycles. The summed E-state index contributed by atoms with van der Waals surface area (Å²) in [6, 6.07) is 24.8. The molecule has 4 heterocycles. The normalized spacial score (nSPS) is 19.2. The summed E-state index contributed by atoms with van der Waals surface area (Å²) in [5.41, 5.74) is 4.06. The van der Waals surface area contributed by atoms with Gasteiger partial charge in [-0.25, -0.2) is 4.79 Å². The predicted molar refractivity (Wildman–Crippen MR) is 153 cm³/mol. The molecule has 0 bridgehead atoms. The molecule has 2 fully saturated rings. The van der Waals surface area contributed by atoms with Gasteiger partial charge in [0.05, 0.1) is 37.6 Å². The molecule has 0 spiro atoms. The lowest BCUT2D eigenvalue weighted by atomic mass is 10.0. The van der Waals surface area contributed by atoms with Crippen molar-refractivity contribution in [2.75, 3.05) is 43.2 Å². The van der Waals surface area contributed by atoms with Crippen molar-refractivity contribution in [2.24, 2.45) is 0 Å². The average molecular weight is 541 g/mol. The third-order valence-corrected chi connectivity index (χ3v) is 7.43. The third kappa shape index (κ3) is 4.86. The van der Waals surface area contributed by atoms with Crippen LogP contribution < -0.4 is 15.1 Å². The van der Waals surface area contributed by atoms with E-state index in [-0.39, 0.29) is 12.1 Å². The van der Waals surface area contributed by atoms with Gasteiger partial charge >= 0.3 is 5.97 Å². The van der Waals surface area contributed by atoms with Gasteiger partial charge in [-0.3, -0.25) is 4.98 Å². The number of furan rings is 1. The van der Waals surface area contributed by atoms with Crippen LogP contribution in [0.15, 0.2) is 89.5 Å². The molecule has 0 unspecified atom stereocenters. The lowest BCUT2D eigenvalue weighted by molar-refractivity contribution is 0.0601. The Morgan fingerprint density at radius 1 is 0.974 bits per heavy atom. The van der Waals surface area contributed by atoms with Crippen molar-refractivity contribution in [3.05, 3.63) is 102 Å². The van der Waals surface area contributed by atoms with Gasteiger partial charge in [-0.2, -0.15) is 0 Å². The molecule has 2 saturated heterocycles. The van der Waals surface area contributed by atoms with Crippen LogP contribution in [0.2, 0.25) is 0 Å². The number of thiocarbonyl (C=S) groups is 1. The van der Waals surface area contributed by atoms with Gasteiger partial charge in [0.2, 0.25) is 0 Å². The number of benzene rings is 2. The van der Waals surface area contributed by atoms with Gasteiger partial charge in [-0.1, -0.05) is 24.3 Å². The maximum Gasteiger partial charge on any atom is 0.338 e. The number of aromatic nitrogens is 1. The number of rotatable bonds is 6. The second kappa shape index (κ2) is 10.9. The standard InChI is InChI=1S/C30H28N4O4S/c1-36-29(35)23-7-3-2-6-22(23)25-13-14-26(38-25)28-27(24-8-4-5-15-31-24)32-30(39)34(28)21-11-9-20(10-12-21)33-16-18-37-19-17-33/h2-15,27-28H,16-19H2,1H3,(H,32,39)/t27-,28+/m0/s1. The van der Waals surface area contributed by atoms with E-state index in [0.29, 0.717) is 27.8 Å². The summed E-state index contributed by atoms with van der Waals surface area (Å²) < 4.78 is 16.9.